The molecular weight excluding hydrogens is 270 g/mol. The van der Waals surface area contributed by atoms with Gasteiger partial charge in [-0.25, -0.2) is 0 Å². The highest BCUT2D eigenvalue weighted by Crippen LogP contribution is 2.03. The first-order valence-corrected chi connectivity index (χ1v) is 6.61. The summed E-state index contributed by atoms with van der Waals surface area (Å²) in [4.78, 5) is 29.2. The van der Waals surface area contributed by atoms with Crippen molar-refractivity contribution >= 4 is 11.8 Å². The van der Waals surface area contributed by atoms with Gasteiger partial charge >= 0.3 is 0 Å². The largest absolute Gasteiger partial charge is 0.459 e. The van der Waals surface area contributed by atoms with Gasteiger partial charge < -0.3 is 14.6 Å². The van der Waals surface area contributed by atoms with E-state index in [0.717, 1.165) is 5.56 Å². The molecule has 0 aromatic carbocycles. The molecule has 21 heavy (non-hydrogen) atoms. The second kappa shape index (κ2) is 7.23. The Morgan fingerprint density at radius 1 is 1.33 bits per heavy atom. The van der Waals surface area contributed by atoms with Crippen LogP contribution in [0.15, 0.2) is 47.3 Å². The molecule has 6 heteroatoms. The number of carbonyl (C=O) groups is 2. The molecule has 0 aliphatic heterocycles. The number of nitrogens with zero attached hydrogens (tertiary/aromatic N) is 2. The van der Waals surface area contributed by atoms with Gasteiger partial charge in [-0.1, -0.05) is 6.07 Å². The molecular formula is C15H17N3O3. The molecule has 0 saturated carbocycles. The minimum Gasteiger partial charge on any atom is -0.459 e. The molecule has 110 valence electrons. The van der Waals surface area contributed by atoms with Crippen molar-refractivity contribution < 1.29 is 14.0 Å². The van der Waals surface area contributed by atoms with E-state index in [9.17, 15) is 9.59 Å². The van der Waals surface area contributed by atoms with Crippen LogP contribution in [-0.4, -0.2) is 35.3 Å². The van der Waals surface area contributed by atoms with Crippen molar-refractivity contribution in [1.29, 1.82) is 0 Å². The van der Waals surface area contributed by atoms with Gasteiger partial charge in [0.05, 0.1) is 6.26 Å². The highest BCUT2D eigenvalue weighted by molar-refractivity contribution is 5.91. The van der Waals surface area contributed by atoms with Crippen LogP contribution >= 0.6 is 0 Å². The maximum Gasteiger partial charge on any atom is 0.286 e. The van der Waals surface area contributed by atoms with E-state index in [1.165, 1.54) is 6.26 Å². The van der Waals surface area contributed by atoms with E-state index < -0.39 is 0 Å². The Labute approximate surface area is 122 Å². The van der Waals surface area contributed by atoms with E-state index in [-0.39, 0.29) is 30.5 Å². The highest BCUT2D eigenvalue weighted by Gasteiger charge is 2.11. The van der Waals surface area contributed by atoms with E-state index in [4.69, 9.17) is 4.42 Å². The van der Waals surface area contributed by atoms with Crippen molar-refractivity contribution in [2.24, 2.45) is 0 Å². The van der Waals surface area contributed by atoms with Crippen LogP contribution in [-0.2, 0) is 11.3 Å². The lowest BCUT2D eigenvalue weighted by atomic mass is 10.2. The molecule has 2 amide bonds. The summed E-state index contributed by atoms with van der Waals surface area (Å²) in [7, 11) is 1.73. The zero-order valence-corrected chi connectivity index (χ0v) is 11.8. The molecule has 0 bridgehead atoms. The van der Waals surface area contributed by atoms with Crippen molar-refractivity contribution in [1.82, 2.24) is 15.2 Å². The van der Waals surface area contributed by atoms with Crippen LogP contribution < -0.4 is 5.32 Å². The molecule has 0 radical (unpaired) electrons. The molecule has 2 rings (SSSR count). The molecule has 1 N–H and O–H groups in total. The second-order valence-electron chi connectivity index (χ2n) is 4.59. The molecule has 0 atom stereocenters. The monoisotopic (exact) mass is 287 g/mol. The van der Waals surface area contributed by atoms with Gasteiger partial charge in [0.1, 0.15) is 0 Å². The summed E-state index contributed by atoms with van der Waals surface area (Å²) in [6.07, 6.45) is 5.09. The maximum absolute atomic E-state index is 11.9. The standard InChI is InChI=1S/C15H17N3O3/c1-18(11-12-4-2-7-16-10-12)14(19)6-8-17-15(20)13-5-3-9-21-13/h2-5,7,9-10H,6,8,11H2,1H3,(H,17,20). The van der Waals surface area contributed by atoms with Gasteiger partial charge in [-0.2, -0.15) is 0 Å². The third kappa shape index (κ3) is 4.45. The minimum atomic E-state index is -0.317. The SMILES string of the molecule is CN(Cc1cccnc1)C(=O)CCNC(=O)c1ccco1. The summed E-state index contributed by atoms with van der Waals surface area (Å²) in [5.74, 6) is -0.118. The smallest absolute Gasteiger partial charge is 0.286 e. The third-order valence-electron chi connectivity index (χ3n) is 2.94. The number of aromatic nitrogens is 1. The Kier molecular flexibility index (Phi) is 5.09. The number of amides is 2. The molecule has 2 aromatic rings. The zero-order valence-electron chi connectivity index (χ0n) is 11.8. The number of hydrogen-bond donors (Lipinski definition) is 1. The zero-order chi connectivity index (χ0) is 15.1. The van der Waals surface area contributed by atoms with Crippen molar-refractivity contribution in [2.75, 3.05) is 13.6 Å². The molecule has 0 aliphatic rings. The number of furan rings is 1. The minimum absolute atomic E-state index is 0.0430. The van der Waals surface area contributed by atoms with Gasteiger partial charge in [-0.15, -0.1) is 0 Å². The van der Waals surface area contributed by atoms with Gasteiger partial charge in [0.25, 0.3) is 5.91 Å². The first-order valence-electron chi connectivity index (χ1n) is 6.61. The number of rotatable bonds is 6. The van der Waals surface area contributed by atoms with Crippen LogP contribution in [0.5, 0.6) is 0 Å². The van der Waals surface area contributed by atoms with Crippen molar-refractivity contribution in [3.8, 4) is 0 Å². The van der Waals surface area contributed by atoms with Gasteiger partial charge in [-0.3, -0.25) is 14.6 Å². The van der Waals surface area contributed by atoms with Gasteiger partial charge in [0.2, 0.25) is 5.91 Å². The average Bonchev–Trinajstić information content (AvgIpc) is 3.02. The molecule has 0 spiro atoms. The second-order valence-corrected chi connectivity index (χ2v) is 4.59. The number of pyridine rings is 1. The molecule has 2 heterocycles. The molecule has 0 aliphatic carbocycles. The van der Waals surface area contributed by atoms with Gasteiger partial charge in [-0.05, 0) is 23.8 Å². The van der Waals surface area contributed by atoms with E-state index in [2.05, 4.69) is 10.3 Å². The number of carbonyl (C=O) groups excluding carboxylic acids is 2. The predicted octanol–water partition coefficient (Wildman–Crippen LogP) is 1.45. The average molecular weight is 287 g/mol. The Morgan fingerprint density at radius 3 is 2.86 bits per heavy atom. The quantitative estimate of drug-likeness (QED) is 0.872. The van der Waals surface area contributed by atoms with Crippen LogP contribution in [0.25, 0.3) is 0 Å². The maximum atomic E-state index is 11.9. The Hall–Kier alpha value is -2.63. The normalized spacial score (nSPS) is 10.1. The molecule has 0 fully saturated rings. The van der Waals surface area contributed by atoms with Crippen molar-refractivity contribution in [3.63, 3.8) is 0 Å². The predicted molar refractivity (Wildman–Crippen MR) is 76.4 cm³/mol. The lowest BCUT2D eigenvalue weighted by Crippen LogP contribution is -2.31. The van der Waals surface area contributed by atoms with E-state index in [1.807, 2.05) is 12.1 Å². The molecule has 0 saturated heterocycles. The van der Waals surface area contributed by atoms with E-state index in [0.29, 0.717) is 6.54 Å². The highest BCUT2D eigenvalue weighted by atomic mass is 16.3. The van der Waals surface area contributed by atoms with Crippen molar-refractivity contribution in [3.05, 3.63) is 54.2 Å². The summed E-state index contributed by atoms with van der Waals surface area (Å²) < 4.78 is 4.96. The molecule has 0 unspecified atom stereocenters. The van der Waals surface area contributed by atoms with Crippen LogP contribution in [0.1, 0.15) is 22.5 Å². The van der Waals surface area contributed by atoms with E-state index >= 15 is 0 Å². The van der Waals surface area contributed by atoms with E-state index in [1.54, 1.807) is 36.5 Å². The summed E-state index contributed by atoms with van der Waals surface area (Å²) in [6, 6.07) is 6.96. The fraction of sp³-hybridized carbons (Fsp3) is 0.267. The topological polar surface area (TPSA) is 75.4 Å². The third-order valence-corrected chi connectivity index (χ3v) is 2.94. The first kappa shape index (κ1) is 14.8. The molecule has 2 aromatic heterocycles. The van der Waals surface area contributed by atoms with Gasteiger partial charge in [0.15, 0.2) is 5.76 Å². The summed E-state index contributed by atoms with van der Waals surface area (Å²) >= 11 is 0. The first-order chi connectivity index (χ1) is 10.2. The molecule has 6 nitrogen and oxygen atoms in total. The Bertz CT molecular complexity index is 581. The van der Waals surface area contributed by atoms with Crippen LogP contribution in [0.3, 0.4) is 0 Å². The van der Waals surface area contributed by atoms with Crippen LogP contribution in [0, 0.1) is 0 Å². The van der Waals surface area contributed by atoms with Crippen LogP contribution in [0.4, 0.5) is 0 Å². The summed E-state index contributed by atoms with van der Waals surface area (Å²) in [6.45, 7) is 0.772. The van der Waals surface area contributed by atoms with Crippen LogP contribution in [0.2, 0.25) is 0 Å². The fourth-order valence-corrected chi connectivity index (χ4v) is 1.82. The van der Waals surface area contributed by atoms with Gasteiger partial charge in [0, 0.05) is 39.0 Å². The lowest BCUT2D eigenvalue weighted by molar-refractivity contribution is -0.130. The summed E-state index contributed by atoms with van der Waals surface area (Å²) in [5.41, 5.74) is 0.966. The Morgan fingerprint density at radius 2 is 2.19 bits per heavy atom. The summed E-state index contributed by atoms with van der Waals surface area (Å²) in [5, 5.41) is 2.64. The number of hydrogen-bond acceptors (Lipinski definition) is 4. The Balaban J connectivity index is 1.73. The lowest BCUT2D eigenvalue weighted by Gasteiger charge is -2.17. The number of nitrogens with one attached hydrogen (secondary N) is 1. The fourth-order valence-electron chi connectivity index (χ4n) is 1.82. The van der Waals surface area contributed by atoms with Crippen molar-refractivity contribution in [2.45, 2.75) is 13.0 Å².